The van der Waals surface area contributed by atoms with Crippen molar-refractivity contribution in [3.63, 3.8) is 0 Å². The van der Waals surface area contributed by atoms with Crippen LogP contribution < -0.4 is 5.32 Å². The van der Waals surface area contributed by atoms with Crippen LogP contribution in [0.1, 0.15) is 21.6 Å². The molecule has 0 bridgehead atoms. The van der Waals surface area contributed by atoms with Crippen LogP contribution in [0.5, 0.6) is 0 Å². The molecule has 2 rings (SSSR count). The highest BCUT2D eigenvalue weighted by Crippen LogP contribution is 2.13. The Morgan fingerprint density at radius 3 is 2.45 bits per heavy atom. The zero-order valence-corrected chi connectivity index (χ0v) is 12.3. The summed E-state index contributed by atoms with van der Waals surface area (Å²) in [5.41, 5.74) is 3.88. The fourth-order valence-electron chi connectivity index (χ4n) is 2.01. The average molecular weight is 272 g/mol. The van der Waals surface area contributed by atoms with Gasteiger partial charge in [-0.3, -0.25) is 9.48 Å². The van der Waals surface area contributed by atoms with Gasteiger partial charge in [-0.15, -0.1) is 0 Å². The van der Waals surface area contributed by atoms with E-state index in [0.717, 1.165) is 17.9 Å². The van der Waals surface area contributed by atoms with Crippen LogP contribution in [-0.2, 0) is 13.6 Å². The van der Waals surface area contributed by atoms with Gasteiger partial charge < -0.3 is 10.2 Å². The Morgan fingerprint density at radius 2 is 1.95 bits per heavy atom. The number of hydrogen-bond acceptors (Lipinski definition) is 3. The number of anilines is 1. The molecule has 1 amide bonds. The molecule has 0 spiro atoms. The number of carbonyl (C=O) groups is 1. The molecule has 2 aromatic rings. The number of carbonyl (C=O) groups excluding carboxylic acids is 1. The third-order valence-corrected chi connectivity index (χ3v) is 3.14. The van der Waals surface area contributed by atoms with Crippen LogP contribution in [0.15, 0.2) is 30.5 Å². The van der Waals surface area contributed by atoms with Gasteiger partial charge >= 0.3 is 0 Å². The number of nitrogens with zero attached hydrogens (tertiary/aromatic N) is 3. The molecule has 1 aromatic heterocycles. The van der Waals surface area contributed by atoms with Gasteiger partial charge in [0.1, 0.15) is 0 Å². The minimum absolute atomic E-state index is 0.0136. The maximum absolute atomic E-state index is 11.8. The Hall–Kier alpha value is -2.30. The van der Waals surface area contributed by atoms with E-state index in [9.17, 15) is 4.79 Å². The van der Waals surface area contributed by atoms with Crippen molar-refractivity contribution in [2.24, 2.45) is 7.05 Å². The van der Waals surface area contributed by atoms with E-state index in [1.54, 1.807) is 19.0 Å². The van der Waals surface area contributed by atoms with Crippen LogP contribution in [0.25, 0.3) is 0 Å². The van der Waals surface area contributed by atoms with E-state index in [2.05, 4.69) is 10.4 Å². The summed E-state index contributed by atoms with van der Waals surface area (Å²) < 4.78 is 1.81. The molecule has 0 aliphatic carbocycles. The van der Waals surface area contributed by atoms with Crippen molar-refractivity contribution in [1.82, 2.24) is 14.7 Å². The van der Waals surface area contributed by atoms with E-state index >= 15 is 0 Å². The van der Waals surface area contributed by atoms with Gasteiger partial charge in [0.05, 0.1) is 5.69 Å². The number of benzene rings is 1. The summed E-state index contributed by atoms with van der Waals surface area (Å²) in [6.07, 6.45) is 2.01. The fourth-order valence-corrected chi connectivity index (χ4v) is 2.01. The fraction of sp³-hybridized carbons (Fsp3) is 0.333. The van der Waals surface area contributed by atoms with Crippen molar-refractivity contribution in [2.75, 3.05) is 19.4 Å². The molecule has 0 saturated heterocycles. The lowest BCUT2D eigenvalue weighted by Gasteiger charge is -2.11. The van der Waals surface area contributed by atoms with Crippen molar-refractivity contribution in [3.05, 3.63) is 47.3 Å². The third-order valence-electron chi connectivity index (χ3n) is 3.14. The van der Waals surface area contributed by atoms with Crippen LogP contribution in [0.3, 0.4) is 0 Å². The molecule has 1 aromatic carbocycles. The molecule has 20 heavy (non-hydrogen) atoms. The highest BCUT2D eigenvalue weighted by atomic mass is 16.2. The maximum atomic E-state index is 11.8. The second kappa shape index (κ2) is 5.77. The number of nitrogens with one attached hydrogen (secondary N) is 1. The van der Waals surface area contributed by atoms with Crippen LogP contribution in [0.2, 0.25) is 0 Å². The number of amides is 1. The van der Waals surface area contributed by atoms with Gasteiger partial charge in [0.2, 0.25) is 0 Å². The standard InChI is InChI=1S/C15H20N4O/c1-11-13(10-19(4)17-11)9-16-14-7-5-12(6-8-14)15(20)18(2)3/h5-8,10,16H,9H2,1-4H3. The highest BCUT2D eigenvalue weighted by Gasteiger charge is 2.07. The van der Waals surface area contributed by atoms with Crippen LogP contribution in [-0.4, -0.2) is 34.7 Å². The molecule has 0 atom stereocenters. The van der Waals surface area contributed by atoms with E-state index in [4.69, 9.17) is 0 Å². The lowest BCUT2D eigenvalue weighted by atomic mass is 10.2. The summed E-state index contributed by atoms with van der Waals surface area (Å²) in [4.78, 5) is 13.3. The van der Waals surface area contributed by atoms with Crippen molar-refractivity contribution >= 4 is 11.6 Å². The Balaban J connectivity index is 2.01. The Labute approximate surface area is 119 Å². The average Bonchev–Trinajstić information content (AvgIpc) is 2.74. The van der Waals surface area contributed by atoms with E-state index in [-0.39, 0.29) is 5.91 Å². The first-order chi connectivity index (χ1) is 9.47. The Morgan fingerprint density at radius 1 is 1.30 bits per heavy atom. The molecule has 0 fully saturated rings. The van der Waals surface area contributed by atoms with Crippen LogP contribution >= 0.6 is 0 Å². The van der Waals surface area contributed by atoms with Crippen molar-refractivity contribution in [3.8, 4) is 0 Å². The summed E-state index contributed by atoms with van der Waals surface area (Å²) in [7, 11) is 5.41. The van der Waals surface area contributed by atoms with Crippen molar-refractivity contribution in [2.45, 2.75) is 13.5 Å². The Kier molecular flexibility index (Phi) is 4.08. The van der Waals surface area contributed by atoms with Gasteiger partial charge in [-0.1, -0.05) is 0 Å². The summed E-state index contributed by atoms with van der Waals surface area (Å²) in [5.74, 6) is 0.0136. The van der Waals surface area contributed by atoms with Gasteiger partial charge in [0, 0.05) is 50.7 Å². The maximum Gasteiger partial charge on any atom is 0.253 e. The molecule has 1 N–H and O–H groups in total. The monoisotopic (exact) mass is 272 g/mol. The summed E-state index contributed by atoms with van der Waals surface area (Å²) in [6, 6.07) is 7.51. The minimum atomic E-state index is 0.0136. The van der Waals surface area contributed by atoms with Gasteiger partial charge in [-0.25, -0.2) is 0 Å². The Bertz CT molecular complexity index is 599. The smallest absolute Gasteiger partial charge is 0.253 e. The zero-order chi connectivity index (χ0) is 14.7. The van der Waals surface area contributed by atoms with Gasteiger partial charge in [-0.2, -0.15) is 5.10 Å². The lowest BCUT2D eigenvalue weighted by molar-refractivity contribution is 0.0827. The second-order valence-electron chi connectivity index (χ2n) is 5.04. The zero-order valence-electron chi connectivity index (χ0n) is 12.3. The topological polar surface area (TPSA) is 50.2 Å². The highest BCUT2D eigenvalue weighted by molar-refractivity contribution is 5.94. The van der Waals surface area contributed by atoms with Crippen molar-refractivity contribution < 1.29 is 4.79 Å². The van der Waals surface area contributed by atoms with E-state index in [1.165, 1.54) is 5.56 Å². The van der Waals surface area contributed by atoms with Gasteiger partial charge in [0.25, 0.3) is 5.91 Å². The molecule has 0 radical (unpaired) electrons. The van der Waals surface area contributed by atoms with E-state index < -0.39 is 0 Å². The van der Waals surface area contributed by atoms with Crippen molar-refractivity contribution in [1.29, 1.82) is 0 Å². The number of hydrogen-bond donors (Lipinski definition) is 1. The van der Waals surface area contributed by atoms with Gasteiger partial charge in [0.15, 0.2) is 0 Å². The van der Waals surface area contributed by atoms with E-state index in [0.29, 0.717) is 5.56 Å². The normalized spacial score (nSPS) is 10.4. The third kappa shape index (κ3) is 3.17. The largest absolute Gasteiger partial charge is 0.381 e. The van der Waals surface area contributed by atoms with Crippen LogP contribution in [0.4, 0.5) is 5.69 Å². The summed E-state index contributed by atoms with van der Waals surface area (Å²) in [5, 5.41) is 7.64. The predicted octanol–water partition coefficient (Wildman–Crippen LogP) is 2.04. The molecule has 5 heteroatoms. The molecule has 0 saturated carbocycles. The quantitative estimate of drug-likeness (QED) is 0.926. The molecule has 0 unspecified atom stereocenters. The molecule has 5 nitrogen and oxygen atoms in total. The molecule has 0 aliphatic heterocycles. The minimum Gasteiger partial charge on any atom is -0.381 e. The predicted molar refractivity (Wildman–Crippen MR) is 79.7 cm³/mol. The first-order valence-corrected chi connectivity index (χ1v) is 6.52. The van der Waals surface area contributed by atoms with E-state index in [1.807, 2.05) is 49.1 Å². The molecule has 1 heterocycles. The summed E-state index contributed by atoms with van der Waals surface area (Å²) >= 11 is 0. The summed E-state index contributed by atoms with van der Waals surface area (Å²) in [6.45, 7) is 2.72. The number of rotatable bonds is 4. The first kappa shape index (κ1) is 14.1. The number of aromatic nitrogens is 2. The van der Waals surface area contributed by atoms with Crippen LogP contribution in [0, 0.1) is 6.92 Å². The lowest BCUT2D eigenvalue weighted by Crippen LogP contribution is -2.21. The number of aryl methyl sites for hydroxylation is 2. The first-order valence-electron chi connectivity index (χ1n) is 6.52. The SMILES string of the molecule is Cc1nn(C)cc1CNc1ccc(C(=O)N(C)C)cc1. The van der Waals surface area contributed by atoms with Gasteiger partial charge in [-0.05, 0) is 31.2 Å². The second-order valence-corrected chi connectivity index (χ2v) is 5.04. The molecule has 106 valence electrons. The molecular formula is C15H20N4O. The molecule has 0 aliphatic rings. The molecular weight excluding hydrogens is 252 g/mol.